The summed E-state index contributed by atoms with van der Waals surface area (Å²) in [5.41, 5.74) is -0.0637. The van der Waals surface area contributed by atoms with Crippen LogP contribution in [0.25, 0.3) is 5.57 Å². The van der Waals surface area contributed by atoms with Gasteiger partial charge in [-0.2, -0.15) is 8.42 Å². The maximum absolute atomic E-state index is 15.6. The maximum Gasteiger partial charge on any atom is 0.413 e. The predicted octanol–water partition coefficient (Wildman–Crippen LogP) is 2.65. The smallest absolute Gasteiger partial charge is 0.413 e. The molecule has 2 aliphatic heterocycles. The molecule has 198 valence electrons. The van der Waals surface area contributed by atoms with Gasteiger partial charge in [-0.05, 0) is 42.9 Å². The standard InChI is InChI=1S/C23H30FN3O8S/c1-13(2)5-6-17-11-16(9-10-26(17)23(31)35-15(4)34-14(3)28)18-7-8-19(29)22(21(18)24)27-12-20(30)25-36(27,32)33/h7-8,11,13,15,17,29H,5-6,9-10,12H2,1-4H3,(H,25,30). The predicted molar refractivity (Wildman–Crippen MR) is 127 cm³/mol. The highest BCUT2D eigenvalue weighted by Gasteiger charge is 2.38. The van der Waals surface area contributed by atoms with E-state index in [1.54, 1.807) is 10.8 Å². The molecule has 0 bridgehead atoms. The van der Waals surface area contributed by atoms with Crippen LogP contribution in [-0.2, 0) is 29.3 Å². The molecule has 13 heteroatoms. The van der Waals surface area contributed by atoms with Crippen LogP contribution in [0.4, 0.5) is 14.9 Å². The monoisotopic (exact) mass is 527 g/mol. The first kappa shape index (κ1) is 27.2. The second kappa shape index (κ2) is 10.7. The van der Waals surface area contributed by atoms with Crippen molar-refractivity contribution >= 4 is 39.4 Å². The summed E-state index contributed by atoms with van der Waals surface area (Å²) in [6.45, 7) is 6.18. The Kier molecular flexibility index (Phi) is 8.12. The Bertz CT molecular complexity index is 1180. The molecule has 0 aromatic heterocycles. The summed E-state index contributed by atoms with van der Waals surface area (Å²) in [4.78, 5) is 37.0. The van der Waals surface area contributed by atoms with E-state index in [1.165, 1.54) is 24.8 Å². The topological polar surface area (TPSA) is 143 Å². The average molecular weight is 528 g/mol. The number of hydrogen-bond donors (Lipinski definition) is 2. The van der Waals surface area contributed by atoms with Gasteiger partial charge in [0.05, 0.1) is 6.04 Å². The highest BCUT2D eigenvalue weighted by Crippen LogP contribution is 2.39. The Hall–Kier alpha value is -3.35. The Labute approximate surface area is 209 Å². The number of amides is 2. The Morgan fingerprint density at radius 1 is 1.25 bits per heavy atom. The van der Waals surface area contributed by atoms with Gasteiger partial charge in [0.15, 0.2) is 5.82 Å². The van der Waals surface area contributed by atoms with E-state index in [0.29, 0.717) is 22.2 Å². The molecular formula is C23H30FN3O8S. The van der Waals surface area contributed by atoms with Gasteiger partial charge in [0.25, 0.3) is 5.91 Å². The first-order chi connectivity index (χ1) is 16.8. The van der Waals surface area contributed by atoms with Crippen LogP contribution in [-0.4, -0.2) is 61.8 Å². The molecule has 2 unspecified atom stereocenters. The zero-order valence-corrected chi connectivity index (χ0v) is 21.3. The molecule has 0 saturated carbocycles. The fraction of sp³-hybridized carbons (Fsp3) is 0.522. The lowest BCUT2D eigenvalue weighted by atomic mass is 9.92. The van der Waals surface area contributed by atoms with Gasteiger partial charge in [0, 0.05) is 26.0 Å². The second-order valence-electron chi connectivity index (χ2n) is 9.07. The van der Waals surface area contributed by atoms with E-state index in [4.69, 9.17) is 9.47 Å². The number of esters is 1. The number of nitrogens with zero attached hydrogens (tertiary/aromatic N) is 2. The number of ether oxygens (including phenoxy) is 2. The third-order valence-electron chi connectivity index (χ3n) is 5.80. The fourth-order valence-electron chi connectivity index (χ4n) is 4.16. The quantitative estimate of drug-likeness (QED) is 0.407. The number of carbonyl (C=O) groups excluding carboxylic acids is 3. The van der Waals surface area contributed by atoms with Crippen molar-refractivity contribution in [2.24, 2.45) is 5.92 Å². The van der Waals surface area contributed by atoms with Gasteiger partial charge in [-0.1, -0.05) is 19.9 Å². The lowest BCUT2D eigenvalue weighted by Crippen LogP contribution is -2.44. The van der Waals surface area contributed by atoms with Crippen LogP contribution in [0.5, 0.6) is 5.75 Å². The second-order valence-corrected chi connectivity index (χ2v) is 10.7. The van der Waals surface area contributed by atoms with Crippen molar-refractivity contribution in [1.82, 2.24) is 9.62 Å². The summed E-state index contributed by atoms with van der Waals surface area (Å²) in [5, 5.41) is 10.2. The summed E-state index contributed by atoms with van der Waals surface area (Å²) in [6.07, 6.45) is 1.45. The van der Waals surface area contributed by atoms with E-state index in [1.807, 2.05) is 13.8 Å². The van der Waals surface area contributed by atoms with Crippen molar-refractivity contribution < 1.29 is 41.8 Å². The number of phenolic OH excluding ortho intramolecular Hbond substituents is 1. The molecule has 1 aromatic rings. The Morgan fingerprint density at radius 2 is 1.94 bits per heavy atom. The van der Waals surface area contributed by atoms with Gasteiger partial charge in [-0.25, -0.2) is 18.2 Å². The van der Waals surface area contributed by atoms with Gasteiger partial charge >= 0.3 is 22.3 Å². The minimum absolute atomic E-state index is 0.0493. The van der Waals surface area contributed by atoms with Crippen molar-refractivity contribution in [2.75, 3.05) is 17.4 Å². The number of halogens is 1. The minimum atomic E-state index is -4.34. The normalized spacial score (nSPS) is 20.1. The number of aromatic hydroxyl groups is 1. The molecule has 2 atom stereocenters. The molecule has 1 fully saturated rings. The number of hydrogen-bond acceptors (Lipinski definition) is 8. The number of carbonyl (C=O) groups is 3. The van der Waals surface area contributed by atoms with Crippen molar-refractivity contribution in [3.63, 3.8) is 0 Å². The third-order valence-corrected chi connectivity index (χ3v) is 7.18. The van der Waals surface area contributed by atoms with Crippen molar-refractivity contribution in [2.45, 2.75) is 59.3 Å². The first-order valence-corrected chi connectivity index (χ1v) is 12.9. The molecule has 3 rings (SSSR count). The molecular weight excluding hydrogens is 497 g/mol. The van der Waals surface area contributed by atoms with Gasteiger partial charge in [0.1, 0.15) is 18.0 Å². The summed E-state index contributed by atoms with van der Waals surface area (Å²) in [5.74, 6) is -2.74. The minimum Gasteiger partial charge on any atom is -0.506 e. The van der Waals surface area contributed by atoms with Crippen LogP contribution >= 0.6 is 0 Å². The zero-order valence-electron chi connectivity index (χ0n) is 20.5. The van der Waals surface area contributed by atoms with Gasteiger partial charge < -0.3 is 19.5 Å². The van der Waals surface area contributed by atoms with Gasteiger partial charge in [0.2, 0.25) is 6.29 Å². The molecule has 1 saturated heterocycles. The Balaban J connectivity index is 1.94. The lowest BCUT2D eigenvalue weighted by Gasteiger charge is -2.35. The van der Waals surface area contributed by atoms with Crippen molar-refractivity contribution in [1.29, 1.82) is 0 Å². The average Bonchev–Trinajstić information content (AvgIpc) is 3.03. The number of benzene rings is 1. The summed E-state index contributed by atoms with van der Waals surface area (Å²) in [6, 6.07) is 2.02. The molecule has 2 N–H and O–H groups in total. The number of phenols is 1. The van der Waals surface area contributed by atoms with Crippen molar-refractivity contribution in [3.05, 3.63) is 29.6 Å². The molecule has 1 aromatic carbocycles. The SMILES string of the molecule is CC(=O)OC(C)OC(=O)N1CCC(c2ccc(O)c(N3CC(=O)NS3(=O)=O)c2F)=CC1CCC(C)C. The summed E-state index contributed by atoms with van der Waals surface area (Å²) >= 11 is 0. The molecule has 11 nitrogen and oxygen atoms in total. The van der Waals surface area contributed by atoms with E-state index in [-0.39, 0.29) is 18.5 Å². The van der Waals surface area contributed by atoms with E-state index in [0.717, 1.165) is 12.5 Å². The number of nitrogens with one attached hydrogen (secondary N) is 1. The van der Waals surface area contributed by atoms with Crippen LogP contribution < -0.4 is 9.03 Å². The fourth-order valence-corrected chi connectivity index (χ4v) is 5.32. The van der Waals surface area contributed by atoms with Crippen LogP contribution in [0.2, 0.25) is 0 Å². The van der Waals surface area contributed by atoms with Crippen LogP contribution in [0.15, 0.2) is 18.2 Å². The van der Waals surface area contributed by atoms with Crippen LogP contribution in [0, 0.1) is 11.7 Å². The maximum atomic E-state index is 15.6. The molecule has 0 spiro atoms. The highest BCUT2D eigenvalue weighted by molar-refractivity contribution is 7.92. The van der Waals surface area contributed by atoms with Gasteiger partial charge in [-0.15, -0.1) is 0 Å². The molecule has 36 heavy (non-hydrogen) atoms. The van der Waals surface area contributed by atoms with E-state index in [9.17, 15) is 27.9 Å². The van der Waals surface area contributed by atoms with Crippen LogP contribution in [0.3, 0.4) is 0 Å². The van der Waals surface area contributed by atoms with Crippen molar-refractivity contribution in [3.8, 4) is 5.75 Å². The lowest BCUT2D eigenvalue weighted by molar-refractivity contribution is -0.163. The van der Waals surface area contributed by atoms with E-state index >= 15 is 4.39 Å². The van der Waals surface area contributed by atoms with E-state index < -0.39 is 64.3 Å². The third kappa shape index (κ3) is 6.07. The number of rotatable bonds is 7. The summed E-state index contributed by atoms with van der Waals surface area (Å²) < 4.78 is 52.5. The summed E-state index contributed by atoms with van der Waals surface area (Å²) in [7, 11) is -4.34. The Morgan fingerprint density at radius 3 is 2.53 bits per heavy atom. The molecule has 2 amide bonds. The largest absolute Gasteiger partial charge is 0.506 e. The molecule has 2 heterocycles. The highest BCUT2D eigenvalue weighted by atomic mass is 32.2. The van der Waals surface area contributed by atoms with E-state index in [2.05, 4.69) is 0 Å². The van der Waals surface area contributed by atoms with Gasteiger partial charge in [-0.3, -0.25) is 9.59 Å². The zero-order chi connectivity index (χ0) is 26.8. The molecule has 2 aliphatic rings. The van der Waals surface area contributed by atoms with Crippen LogP contribution in [0.1, 0.15) is 52.5 Å². The molecule has 0 aliphatic carbocycles. The number of anilines is 1. The first-order valence-electron chi connectivity index (χ1n) is 11.5. The molecule has 0 radical (unpaired) electrons.